The van der Waals surface area contributed by atoms with Gasteiger partial charge in [0, 0.05) is 43.6 Å². The number of hydrogen-bond donors (Lipinski definition) is 1. The lowest BCUT2D eigenvalue weighted by atomic mass is 10.2. The number of aryl methyl sites for hydroxylation is 1. The molecule has 0 saturated carbocycles. The number of fused-ring (bicyclic) bond motifs is 1. The zero-order valence-corrected chi connectivity index (χ0v) is 16.0. The van der Waals surface area contributed by atoms with Crippen LogP contribution >= 0.6 is 11.8 Å². The van der Waals surface area contributed by atoms with Crippen LogP contribution in [0.2, 0.25) is 0 Å². The van der Waals surface area contributed by atoms with Gasteiger partial charge in [-0.15, -0.1) is 11.8 Å². The van der Waals surface area contributed by atoms with Crippen LogP contribution in [0.25, 0.3) is 0 Å². The molecule has 8 heteroatoms. The third-order valence-corrected chi connectivity index (χ3v) is 6.12. The molecule has 27 heavy (non-hydrogen) atoms. The van der Waals surface area contributed by atoms with Crippen LogP contribution in [0.1, 0.15) is 17.9 Å². The summed E-state index contributed by atoms with van der Waals surface area (Å²) >= 11 is 1.47. The summed E-state index contributed by atoms with van der Waals surface area (Å²) in [6.45, 7) is 5.53. The maximum Gasteiger partial charge on any atom is 0.238 e. The minimum atomic E-state index is -0.373. The summed E-state index contributed by atoms with van der Waals surface area (Å²) < 4.78 is 5.26. The summed E-state index contributed by atoms with van der Waals surface area (Å²) in [5, 5.41) is 6.43. The maximum absolute atomic E-state index is 12.7. The van der Waals surface area contributed by atoms with Crippen molar-refractivity contribution in [3.05, 3.63) is 41.8 Å². The molecule has 0 aliphatic carbocycles. The van der Waals surface area contributed by atoms with E-state index in [1.807, 2.05) is 42.2 Å². The van der Waals surface area contributed by atoms with Crippen LogP contribution < -0.4 is 5.32 Å². The van der Waals surface area contributed by atoms with Gasteiger partial charge in [0.1, 0.15) is 0 Å². The van der Waals surface area contributed by atoms with Crippen LogP contribution in [-0.2, 0) is 16.1 Å². The molecule has 4 rings (SSSR count). The standard InChI is InChI=1S/C19H22N4O3S/c1-13-10-14(26-21-13)12-22-6-8-23(9-7-22)18(24)11-17-19(25)20-15-4-2-3-5-16(15)27-17/h2-5,10,17H,6-9,11-12H2,1H3,(H,20,25). The van der Waals surface area contributed by atoms with Crippen molar-refractivity contribution in [2.24, 2.45) is 0 Å². The van der Waals surface area contributed by atoms with Gasteiger partial charge in [0.05, 0.1) is 23.2 Å². The van der Waals surface area contributed by atoms with Crippen molar-refractivity contribution in [1.29, 1.82) is 0 Å². The van der Waals surface area contributed by atoms with E-state index < -0.39 is 0 Å². The minimum absolute atomic E-state index is 0.0391. The van der Waals surface area contributed by atoms with Gasteiger partial charge in [-0.05, 0) is 19.1 Å². The summed E-state index contributed by atoms with van der Waals surface area (Å²) in [6.07, 6.45) is 0.228. The lowest BCUT2D eigenvalue weighted by Crippen LogP contribution is -2.49. The Kier molecular flexibility index (Phi) is 5.18. The molecule has 1 fully saturated rings. The summed E-state index contributed by atoms with van der Waals surface area (Å²) in [4.78, 5) is 30.1. The highest BCUT2D eigenvalue weighted by Crippen LogP contribution is 2.36. The number of piperazine rings is 1. The number of benzene rings is 1. The van der Waals surface area contributed by atoms with Crippen LogP contribution in [0.15, 0.2) is 39.8 Å². The zero-order chi connectivity index (χ0) is 18.8. The number of thioether (sulfide) groups is 1. The molecular weight excluding hydrogens is 364 g/mol. The average Bonchev–Trinajstić information content (AvgIpc) is 3.07. The molecule has 142 valence electrons. The smallest absolute Gasteiger partial charge is 0.238 e. The highest BCUT2D eigenvalue weighted by Gasteiger charge is 2.31. The number of carbonyl (C=O) groups excluding carboxylic acids is 2. The highest BCUT2D eigenvalue weighted by atomic mass is 32.2. The lowest BCUT2D eigenvalue weighted by molar-refractivity contribution is -0.134. The molecule has 1 N–H and O–H groups in total. The molecular formula is C19H22N4O3S. The Balaban J connectivity index is 1.29. The van der Waals surface area contributed by atoms with Gasteiger partial charge in [-0.3, -0.25) is 14.5 Å². The first-order valence-corrected chi connectivity index (χ1v) is 9.95. The first-order valence-electron chi connectivity index (χ1n) is 9.07. The van der Waals surface area contributed by atoms with E-state index in [0.29, 0.717) is 19.6 Å². The largest absolute Gasteiger partial charge is 0.360 e. The highest BCUT2D eigenvalue weighted by molar-refractivity contribution is 8.01. The van der Waals surface area contributed by atoms with E-state index >= 15 is 0 Å². The van der Waals surface area contributed by atoms with Crippen LogP contribution in [0.5, 0.6) is 0 Å². The Morgan fingerprint density at radius 2 is 2.07 bits per heavy atom. The van der Waals surface area contributed by atoms with E-state index in [1.165, 1.54) is 11.8 Å². The molecule has 0 spiro atoms. The molecule has 1 unspecified atom stereocenters. The van der Waals surface area contributed by atoms with Crippen molar-refractivity contribution in [3.8, 4) is 0 Å². The second-order valence-electron chi connectivity index (χ2n) is 6.89. The van der Waals surface area contributed by atoms with Crippen molar-refractivity contribution in [2.45, 2.75) is 30.0 Å². The number of hydrogen-bond acceptors (Lipinski definition) is 6. The first-order chi connectivity index (χ1) is 13.1. The Morgan fingerprint density at radius 1 is 1.30 bits per heavy atom. The molecule has 7 nitrogen and oxygen atoms in total. The predicted octanol–water partition coefficient (Wildman–Crippen LogP) is 2.13. The topological polar surface area (TPSA) is 78.7 Å². The van der Waals surface area contributed by atoms with E-state index in [2.05, 4.69) is 15.4 Å². The van der Waals surface area contributed by atoms with Crippen LogP contribution in [0, 0.1) is 6.92 Å². The number of rotatable bonds is 4. The van der Waals surface area contributed by atoms with Crippen molar-refractivity contribution in [3.63, 3.8) is 0 Å². The number of aromatic nitrogens is 1. The Hall–Kier alpha value is -2.32. The van der Waals surface area contributed by atoms with Gasteiger partial charge >= 0.3 is 0 Å². The van der Waals surface area contributed by atoms with Gasteiger partial charge in [-0.1, -0.05) is 17.3 Å². The SMILES string of the molecule is Cc1cc(CN2CCN(C(=O)CC3Sc4ccccc4NC3=O)CC2)on1. The predicted molar refractivity (Wildman–Crippen MR) is 102 cm³/mol. The monoisotopic (exact) mass is 386 g/mol. The van der Waals surface area contributed by atoms with Gasteiger partial charge in [-0.25, -0.2) is 0 Å². The molecule has 1 saturated heterocycles. The third-order valence-electron chi connectivity index (χ3n) is 4.85. The normalized spacial score (nSPS) is 20.3. The van der Waals surface area contributed by atoms with E-state index in [1.54, 1.807) is 0 Å². The van der Waals surface area contributed by atoms with Gasteiger partial charge in [0.25, 0.3) is 0 Å². The van der Waals surface area contributed by atoms with Crippen LogP contribution in [0.3, 0.4) is 0 Å². The Bertz CT molecular complexity index is 845. The van der Waals surface area contributed by atoms with Crippen molar-refractivity contribution >= 4 is 29.3 Å². The second kappa shape index (κ2) is 7.74. The Morgan fingerprint density at radius 3 is 2.81 bits per heavy atom. The molecule has 0 radical (unpaired) electrons. The molecule has 2 amide bonds. The fourth-order valence-corrected chi connectivity index (χ4v) is 4.48. The number of amides is 2. The average molecular weight is 386 g/mol. The summed E-state index contributed by atoms with van der Waals surface area (Å²) in [5.41, 5.74) is 1.70. The van der Waals surface area contributed by atoms with Gasteiger partial charge in [0.2, 0.25) is 11.8 Å². The second-order valence-corrected chi connectivity index (χ2v) is 8.13. The molecule has 2 aromatic rings. The number of para-hydroxylation sites is 1. The van der Waals surface area contributed by atoms with E-state index in [4.69, 9.17) is 4.52 Å². The number of anilines is 1. The number of nitrogens with zero attached hydrogens (tertiary/aromatic N) is 3. The third kappa shape index (κ3) is 4.17. The summed E-state index contributed by atoms with van der Waals surface area (Å²) in [6, 6.07) is 9.63. The van der Waals surface area contributed by atoms with Gasteiger partial charge in [0.15, 0.2) is 5.76 Å². The molecule has 1 aromatic carbocycles. The molecule has 2 aliphatic heterocycles. The number of nitrogens with one attached hydrogen (secondary N) is 1. The van der Waals surface area contributed by atoms with Gasteiger partial charge < -0.3 is 14.7 Å². The minimum Gasteiger partial charge on any atom is -0.360 e. The van der Waals surface area contributed by atoms with Crippen molar-refractivity contribution < 1.29 is 14.1 Å². The van der Waals surface area contributed by atoms with E-state index in [0.717, 1.165) is 35.1 Å². The van der Waals surface area contributed by atoms with Crippen molar-refractivity contribution in [2.75, 3.05) is 31.5 Å². The first kappa shape index (κ1) is 18.1. The van der Waals surface area contributed by atoms with Crippen LogP contribution in [-0.4, -0.2) is 58.2 Å². The molecule has 3 heterocycles. The quantitative estimate of drug-likeness (QED) is 0.867. The molecule has 2 aliphatic rings. The Labute approximate surface area is 162 Å². The summed E-state index contributed by atoms with van der Waals surface area (Å²) in [7, 11) is 0. The molecule has 1 atom stereocenters. The summed E-state index contributed by atoms with van der Waals surface area (Å²) in [5.74, 6) is 0.796. The molecule has 0 bridgehead atoms. The van der Waals surface area contributed by atoms with E-state index in [-0.39, 0.29) is 23.5 Å². The van der Waals surface area contributed by atoms with Gasteiger partial charge in [-0.2, -0.15) is 0 Å². The fraction of sp³-hybridized carbons (Fsp3) is 0.421. The lowest BCUT2D eigenvalue weighted by Gasteiger charge is -2.35. The molecule has 1 aromatic heterocycles. The number of carbonyl (C=O) groups is 2. The van der Waals surface area contributed by atoms with E-state index in [9.17, 15) is 9.59 Å². The fourth-order valence-electron chi connectivity index (χ4n) is 3.38. The van der Waals surface area contributed by atoms with Crippen molar-refractivity contribution in [1.82, 2.24) is 15.0 Å². The zero-order valence-electron chi connectivity index (χ0n) is 15.2. The van der Waals surface area contributed by atoms with Crippen LogP contribution in [0.4, 0.5) is 5.69 Å². The maximum atomic E-state index is 12.7.